The third-order valence-corrected chi connectivity index (χ3v) is 3.59. The number of rotatable bonds is 5. The number of hydrogen-bond donors (Lipinski definition) is 1. The van der Waals surface area contributed by atoms with Crippen molar-refractivity contribution in [3.05, 3.63) is 58.7 Å². The van der Waals surface area contributed by atoms with E-state index in [0.29, 0.717) is 23.6 Å². The number of benzene rings is 2. The maximum absolute atomic E-state index is 12.5. The molecule has 0 aliphatic carbocycles. The molecule has 2 rings (SSSR count). The van der Waals surface area contributed by atoms with Crippen LogP contribution >= 0.6 is 0 Å². The Labute approximate surface area is 131 Å². The van der Waals surface area contributed by atoms with Gasteiger partial charge in [0, 0.05) is 6.54 Å². The first-order valence-electron chi connectivity index (χ1n) is 7.12. The first-order valence-corrected chi connectivity index (χ1v) is 7.12. The average molecular weight is 299 g/mol. The summed E-state index contributed by atoms with van der Waals surface area (Å²) in [6, 6.07) is 11.5. The number of methoxy groups -OCH3 is 2. The highest BCUT2D eigenvalue weighted by Crippen LogP contribution is 2.28. The lowest BCUT2D eigenvalue weighted by Gasteiger charge is -2.14. The molecule has 0 bridgehead atoms. The molecule has 0 aliphatic rings. The summed E-state index contributed by atoms with van der Waals surface area (Å²) in [5.74, 6) is 0.782. The summed E-state index contributed by atoms with van der Waals surface area (Å²) in [6.45, 7) is 4.55. The van der Waals surface area contributed by atoms with Gasteiger partial charge in [0.25, 0.3) is 5.91 Å². The number of aryl methyl sites for hydroxylation is 2. The van der Waals surface area contributed by atoms with E-state index in [1.54, 1.807) is 18.2 Å². The van der Waals surface area contributed by atoms with Crippen molar-refractivity contribution in [3.8, 4) is 11.5 Å². The minimum atomic E-state index is -0.214. The van der Waals surface area contributed by atoms with Gasteiger partial charge in [-0.1, -0.05) is 29.8 Å². The first kappa shape index (κ1) is 15.9. The van der Waals surface area contributed by atoms with Crippen LogP contribution in [0.15, 0.2) is 36.4 Å². The standard InChI is InChI=1S/C18H21NO3/c1-12-8-9-14(13(2)10-12)11-19-18(20)17-15(21-3)6-5-7-16(17)22-4/h5-10H,11H2,1-4H3,(H,19,20). The Morgan fingerprint density at radius 2 is 1.68 bits per heavy atom. The molecule has 0 atom stereocenters. The molecular weight excluding hydrogens is 278 g/mol. The monoisotopic (exact) mass is 299 g/mol. The molecule has 2 aromatic rings. The second-order valence-corrected chi connectivity index (χ2v) is 5.15. The number of ether oxygens (including phenoxy) is 2. The molecule has 0 aromatic heterocycles. The van der Waals surface area contributed by atoms with Crippen LogP contribution in [0.3, 0.4) is 0 Å². The zero-order chi connectivity index (χ0) is 16.1. The van der Waals surface area contributed by atoms with Crippen molar-refractivity contribution in [3.63, 3.8) is 0 Å². The van der Waals surface area contributed by atoms with Crippen LogP contribution < -0.4 is 14.8 Å². The number of nitrogens with one attached hydrogen (secondary N) is 1. The predicted octanol–water partition coefficient (Wildman–Crippen LogP) is 3.25. The molecule has 1 amide bonds. The number of carbonyl (C=O) groups excluding carboxylic acids is 1. The van der Waals surface area contributed by atoms with E-state index in [1.165, 1.54) is 19.8 Å². The van der Waals surface area contributed by atoms with Crippen LogP contribution in [0, 0.1) is 13.8 Å². The van der Waals surface area contributed by atoms with E-state index < -0.39 is 0 Å². The van der Waals surface area contributed by atoms with Gasteiger partial charge in [0.05, 0.1) is 14.2 Å². The highest BCUT2D eigenvalue weighted by molar-refractivity contribution is 5.99. The molecule has 0 aliphatic heterocycles. The van der Waals surface area contributed by atoms with Crippen molar-refractivity contribution in [1.29, 1.82) is 0 Å². The quantitative estimate of drug-likeness (QED) is 0.922. The molecule has 22 heavy (non-hydrogen) atoms. The van der Waals surface area contributed by atoms with E-state index in [-0.39, 0.29) is 5.91 Å². The third kappa shape index (κ3) is 3.39. The largest absolute Gasteiger partial charge is 0.496 e. The SMILES string of the molecule is COc1cccc(OC)c1C(=O)NCc1ccc(C)cc1C. The van der Waals surface area contributed by atoms with Gasteiger partial charge in [-0.3, -0.25) is 4.79 Å². The fraction of sp³-hybridized carbons (Fsp3) is 0.278. The fourth-order valence-corrected chi connectivity index (χ4v) is 2.38. The van der Waals surface area contributed by atoms with Crippen LogP contribution in [0.25, 0.3) is 0 Å². The topological polar surface area (TPSA) is 47.6 Å². The summed E-state index contributed by atoms with van der Waals surface area (Å²) in [4.78, 5) is 12.5. The van der Waals surface area contributed by atoms with Gasteiger partial charge in [-0.25, -0.2) is 0 Å². The lowest BCUT2D eigenvalue weighted by atomic mass is 10.1. The third-order valence-electron chi connectivity index (χ3n) is 3.59. The normalized spacial score (nSPS) is 10.2. The van der Waals surface area contributed by atoms with Crippen molar-refractivity contribution >= 4 is 5.91 Å². The summed E-state index contributed by atoms with van der Waals surface area (Å²) in [5.41, 5.74) is 3.87. The summed E-state index contributed by atoms with van der Waals surface area (Å²) < 4.78 is 10.5. The van der Waals surface area contributed by atoms with Gasteiger partial charge in [0.1, 0.15) is 17.1 Å². The van der Waals surface area contributed by atoms with Crippen molar-refractivity contribution in [2.24, 2.45) is 0 Å². The van der Waals surface area contributed by atoms with Crippen LogP contribution in [0.1, 0.15) is 27.0 Å². The maximum Gasteiger partial charge on any atom is 0.259 e. The molecule has 0 spiro atoms. The molecule has 0 radical (unpaired) electrons. The fourth-order valence-electron chi connectivity index (χ4n) is 2.38. The van der Waals surface area contributed by atoms with Crippen molar-refractivity contribution in [1.82, 2.24) is 5.32 Å². The Morgan fingerprint density at radius 1 is 1.05 bits per heavy atom. The van der Waals surface area contributed by atoms with E-state index in [0.717, 1.165) is 11.1 Å². The molecule has 0 fully saturated rings. The molecule has 4 nitrogen and oxygen atoms in total. The molecule has 4 heteroatoms. The van der Waals surface area contributed by atoms with Crippen LogP contribution in [0.2, 0.25) is 0 Å². The second kappa shape index (κ2) is 6.98. The maximum atomic E-state index is 12.5. The van der Waals surface area contributed by atoms with Gasteiger partial charge in [-0.2, -0.15) is 0 Å². The highest BCUT2D eigenvalue weighted by Gasteiger charge is 2.17. The van der Waals surface area contributed by atoms with Crippen LogP contribution in [0.4, 0.5) is 0 Å². The number of carbonyl (C=O) groups is 1. The number of amides is 1. The van der Waals surface area contributed by atoms with Crippen molar-refractivity contribution in [2.75, 3.05) is 14.2 Å². The van der Waals surface area contributed by atoms with Gasteiger partial charge in [-0.05, 0) is 37.1 Å². The Hall–Kier alpha value is -2.49. The van der Waals surface area contributed by atoms with E-state index in [2.05, 4.69) is 18.3 Å². The smallest absolute Gasteiger partial charge is 0.259 e. The predicted molar refractivity (Wildman–Crippen MR) is 86.6 cm³/mol. The molecular formula is C18H21NO3. The summed E-state index contributed by atoms with van der Waals surface area (Å²) >= 11 is 0. The van der Waals surface area contributed by atoms with Gasteiger partial charge >= 0.3 is 0 Å². The van der Waals surface area contributed by atoms with Gasteiger partial charge in [-0.15, -0.1) is 0 Å². The lowest BCUT2D eigenvalue weighted by molar-refractivity contribution is 0.0944. The Balaban J connectivity index is 2.19. The molecule has 1 N–H and O–H groups in total. The summed E-state index contributed by atoms with van der Waals surface area (Å²) in [7, 11) is 3.07. The lowest BCUT2D eigenvalue weighted by Crippen LogP contribution is -2.24. The summed E-state index contributed by atoms with van der Waals surface area (Å²) in [6.07, 6.45) is 0. The van der Waals surface area contributed by atoms with Crippen LogP contribution in [-0.2, 0) is 6.54 Å². The summed E-state index contributed by atoms with van der Waals surface area (Å²) in [5, 5.41) is 2.93. The van der Waals surface area contributed by atoms with Crippen molar-refractivity contribution < 1.29 is 14.3 Å². The first-order chi connectivity index (χ1) is 10.6. The molecule has 0 unspecified atom stereocenters. The van der Waals surface area contributed by atoms with Gasteiger partial charge in [0.15, 0.2) is 0 Å². The van der Waals surface area contributed by atoms with Gasteiger partial charge < -0.3 is 14.8 Å². The number of hydrogen-bond acceptors (Lipinski definition) is 3. The highest BCUT2D eigenvalue weighted by atomic mass is 16.5. The minimum Gasteiger partial charge on any atom is -0.496 e. The van der Waals surface area contributed by atoms with E-state index >= 15 is 0 Å². The second-order valence-electron chi connectivity index (χ2n) is 5.15. The van der Waals surface area contributed by atoms with Gasteiger partial charge in [0.2, 0.25) is 0 Å². The molecule has 116 valence electrons. The van der Waals surface area contributed by atoms with E-state index in [4.69, 9.17) is 9.47 Å². The zero-order valence-electron chi connectivity index (χ0n) is 13.4. The van der Waals surface area contributed by atoms with Crippen LogP contribution in [-0.4, -0.2) is 20.1 Å². The Morgan fingerprint density at radius 3 is 2.23 bits per heavy atom. The zero-order valence-corrected chi connectivity index (χ0v) is 13.4. The molecule has 0 heterocycles. The molecule has 2 aromatic carbocycles. The molecule has 0 saturated carbocycles. The van der Waals surface area contributed by atoms with E-state index in [1.807, 2.05) is 19.1 Å². The average Bonchev–Trinajstić information content (AvgIpc) is 2.52. The van der Waals surface area contributed by atoms with E-state index in [9.17, 15) is 4.79 Å². The Bertz CT molecular complexity index is 658. The minimum absolute atomic E-state index is 0.214. The molecule has 0 saturated heterocycles. The van der Waals surface area contributed by atoms with Crippen molar-refractivity contribution in [2.45, 2.75) is 20.4 Å². The van der Waals surface area contributed by atoms with Crippen LogP contribution in [0.5, 0.6) is 11.5 Å². The Kier molecular flexibility index (Phi) is 5.04.